The van der Waals surface area contributed by atoms with Gasteiger partial charge in [-0.2, -0.15) is 0 Å². The molecule has 0 saturated carbocycles. The van der Waals surface area contributed by atoms with Crippen LogP contribution in [0.5, 0.6) is 0 Å². The van der Waals surface area contributed by atoms with Gasteiger partial charge in [0.25, 0.3) is 0 Å². The van der Waals surface area contributed by atoms with E-state index in [0.717, 1.165) is 57.8 Å². The third-order valence-corrected chi connectivity index (χ3v) is 5.04. The lowest BCUT2D eigenvalue weighted by Crippen LogP contribution is -2.02. The number of nitrogens with two attached hydrogens (primary N) is 4. The molecule has 0 aromatic heterocycles. The summed E-state index contributed by atoms with van der Waals surface area (Å²) in [5.74, 6) is -2.11. The maximum atomic E-state index is 10.2. The van der Waals surface area contributed by atoms with Gasteiger partial charge in [0.15, 0.2) is 0 Å². The van der Waals surface area contributed by atoms with Crippen LogP contribution in [0.3, 0.4) is 0 Å². The fourth-order valence-corrected chi connectivity index (χ4v) is 2.85. The molecule has 270 valence electrons. The molecule has 15 N–H and O–H groups in total. The van der Waals surface area contributed by atoms with Gasteiger partial charge in [-0.05, 0) is 19.3 Å². The number of carboxylic acid groups (broad SMARTS) is 3. The molecule has 0 aromatic carbocycles. The van der Waals surface area contributed by atoms with Crippen molar-refractivity contribution in [2.75, 3.05) is 52.6 Å². The maximum Gasteiger partial charge on any atom is 0.303 e. The number of hydrogen-bond donors (Lipinski definition) is 11. The highest BCUT2D eigenvalue weighted by atomic mass is 16.4. The van der Waals surface area contributed by atoms with E-state index in [9.17, 15) is 14.4 Å². The van der Waals surface area contributed by atoms with Crippen LogP contribution in [-0.2, 0) is 14.4 Å². The predicted octanol–water partition coefficient (Wildman–Crippen LogP) is 2.02. The van der Waals surface area contributed by atoms with Crippen molar-refractivity contribution in [3.8, 4) is 0 Å². The quantitative estimate of drug-likeness (QED) is 0.0708. The van der Waals surface area contributed by atoms with Crippen LogP contribution in [0.4, 0.5) is 0 Å². The van der Waals surface area contributed by atoms with E-state index in [4.69, 9.17) is 58.7 Å². The zero-order chi connectivity index (χ0) is 35.1. The fraction of sp³-hybridized carbons (Fsp3) is 0.900. The highest BCUT2D eigenvalue weighted by molar-refractivity contribution is 5.67. The number of rotatable bonds is 23. The number of aliphatic carboxylic acids is 3. The van der Waals surface area contributed by atoms with E-state index in [-0.39, 0.29) is 39.3 Å². The molecule has 0 rings (SSSR count). The predicted molar refractivity (Wildman–Crippen MR) is 176 cm³/mol. The summed E-state index contributed by atoms with van der Waals surface area (Å²) in [6, 6.07) is 0. The molecule has 0 bridgehead atoms. The van der Waals surface area contributed by atoms with Crippen LogP contribution in [0.1, 0.15) is 122 Å². The van der Waals surface area contributed by atoms with Gasteiger partial charge < -0.3 is 58.7 Å². The lowest BCUT2D eigenvalue weighted by Gasteiger charge is -1.99. The van der Waals surface area contributed by atoms with Gasteiger partial charge in [0.2, 0.25) is 0 Å². The minimum atomic E-state index is -0.726. The van der Waals surface area contributed by atoms with Crippen molar-refractivity contribution < 1.29 is 50.1 Å². The Labute approximate surface area is 266 Å². The molecule has 14 nitrogen and oxygen atoms in total. The van der Waals surface area contributed by atoms with E-state index in [2.05, 4.69) is 6.92 Å². The Morgan fingerprint density at radius 2 is 0.545 bits per heavy atom. The number of hydrogen-bond acceptors (Lipinski definition) is 11. The molecule has 14 heteroatoms. The number of aliphatic hydroxyl groups is 4. The molecule has 0 heterocycles. The molecule has 0 radical (unpaired) electrons. The Morgan fingerprint density at radius 3 is 0.682 bits per heavy atom. The van der Waals surface area contributed by atoms with Gasteiger partial charge in [-0.25, -0.2) is 0 Å². The van der Waals surface area contributed by atoms with Crippen LogP contribution in [0.2, 0.25) is 0 Å². The van der Waals surface area contributed by atoms with Crippen molar-refractivity contribution in [3.05, 3.63) is 0 Å². The van der Waals surface area contributed by atoms with Crippen LogP contribution in [0, 0.1) is 0 Å². The Kier molecular flexibility index (Phi) is 74.8. The van der Waals surface area contributed by atoms with Gasteiger partial charge in [0, 0.05) is 45.4 Å². The molecule has 44 heavy (non-hydrogen) atoms. The molecule has 0 aliphatic heterocycles. The van der Waals surface area contributed by atoms with Crippen LogP contribution in [0.25, 0.3) is 0 Å². The Morgan fingerprint density at radius 1 is 0.386 bits per heavy atom. The molecule has 0 aliphatic carbocycles. The van der Waals surface area contributed by atoms with Crippen LogP contribution in [-0.4, -0.2) is 106 Å². The molecular weight excluding hydrogens is 576 g/mol. The lowest BCUT2D eigenvalue weighted by atomic mass is 10.1. The Balaban J connectivity index is -0.000000111. The summed E-state index contributed by atoms with van der Waals surface area (Å²) in [7, 11) is 0. The summed E-state index contributed by atoms with van der Waals surface area (Å²) in [4.78, 5) is 30.5. The first-order chi connectivity index (χ1) is 21.1. The van der Waals surface area contributed by atoms with E-state index < -0.39 is 17.9 Å². The first kappa shape index (κ1) is 54.6. The van der Waals surface area contributed by atoms with Crippen molar-refractivity contribution in [2.24, 2.45) is 22.9 Å². The minimum absolute atomic E-state index is 0.0972. The molecule has 0 amide bonds. The molecule has 0 aliphatic rings. The minimum Gasteiger partial charge on any atom is -0.481 e. The van der Waals surface area contributed by atoms with Gasteiger partial charge in [0.05, 0.1) is 26.4 Å². The molecule has 0 spiro atoms. The second-order valence-corrected chi connectivity index (χ2v) is 9.43. The largest absolute Gasteiger partial charge is 0.481 e. The second kappa shape index (κ2) is 60.3. The summed E-state index contributed by atoms with van der Waals surface area (Å²) in [6.07, 6.45) is 17.2. The van der Waals surface area contributed by atoms with E-state index in [1.165, 1.54) is 38.5 Å². The first-order valence-corrected chi connectivity index (χ1v) is 15.9. The van der Waals surface area contributed by atoms with Crippen molar-refractivity contribution in [2.45, 2.75) is 122 Å². The average Bonchev–Trinajstić information content (AvgIpc) is 3.01. The van der Waals surface area contributed by atoms with Crippen LogP contribution in [0.15, 0.2) is 0 Å². The molecule has 0 atom stereocenters. The summed E-state index contributed by atoms with van der Waals surface area (Å²) >= 11 is 0. The highest BCUT2D eigenvalue weighted by Gasteiger charge is 1.98. The summed E-state index contributed by atoms with van der Waals surface area (Å²) < 4.78 is 0. The zero-order valence-corrected chi connectivity index (χ0v) is 27.5. The third-order valence-electron chi connectivity index (χ3n) is 5.04. The Bertz CT molecular complexity index is 476. The number of aliphatic hydroxyl groups excluding tert-OH is 4. The SMILES string of the molecule is CCCCCCCCCCC(=O)O.NCCO.NCCO.NCCO.NCCO.O=C(O)CCCCCCCCCC(=O)O. The standard InChI is InChI=1S/C11H20O4.C11H22O2.4C2H7NO/c12-10(13)8-6-4-2-1-3-5-7-9-11(14)15;1-2-3-4-5-6-7-8-9-10-11(12)13;4*3-1-2-4/h1-9H2,(H,12,13)(H,14,15);2-10H2,1H3,(H,12,13);4*4H,1-3H2. The summed E-state index contributed by atoms with van der Waals surface area (Å²) in [6.45, 7) is 4.10. The van der Waals surface area contributed by atoms with Crippen molar-refractivity contribution >= 4 is 17.9 Å². The number of unbranched alkanes of at least 4 members (excludes halogenated alkanes) is 13. The van der Waals surface area contributed by atoms with Crippen molar-refractivity contribution in [3.63, 3.8) is 0 Å². The Hall–Kier alpha value is -1.91. The zero-order valence-electron chi connectivity index (χ0n) is 27.5. The van der Waals surface area contributed by atoms with Crippen molar-refractivity contribution in [1.82, 2.24) is 0 Å². The second-order valence-electron chi connectivity index (χ2n) is 9.43. The van der Waals surface area contributed by atoms with Gasteiger partial charge in [-0.1, -0.05) is 84.0 Å². The van der Waals surface area contributed by atoms with Gasteiger partial charge in [-0.15, -0.1) is 0 Å². The molecule has 0 aromatic rings. The van der Waals surface area contributed by atoms with Gasteiger partial charge in [-0.3, -0.25) is 14.4 Å². The van der Waals surface area contributed by atoms with E-state index in [1.807, 2.05) is 0 Å². The number of carbonyl (C=O) groups is 3. The maximum absolute atomic E-state index is 10.2. The molecule has 0 saturated heterocycles. The lowest BCUT2D eigenvalue weighted by molar-refractivity contribution is -0.138. The normalized spacial score (nSPS) is 9.20. The number of carboxylic acids is 3. The fourth-order valence-electron chi connectivity index (χ4n) is 2.85. The average molecular weight is 647 g/mol. The third kappa shape index (κ3) is 106. The van der Waals surface area contributed by atoms with E-state index >= 15 is 0 Å². The smallest absolute Gasteiger partial charge is 0.303 e. The van der Waals surface area contributed by atoms with Gasteiger partial charge >= 0.3 is 17.9 Å². The molecule has 0 unspecified atom stereocenters. The highest BCUT2D eigenvalue weighted by Crippen LogP contribution is 2.10. The monoisotopic (exact) mass is 647 g/mol. The summed E-state index contributed by atoms with van der Waals surface area (Å²) in [5.41, 5.74) is 19.1. The topological polar surface area (TPSA) is 297 Å². The molecular formula is C30H70N4O10. The molecule has 0 fully saturated rings. The van der Waals surface area contributed by atoms with Crippen molar-refractivity contribution in [1.29, 1.82) is 0 Å². The van der Waals surface area contributed by atoms with Gasteiger partial charge in [0.1, 0.15) is 0 Å². The van der Waals surface area contributed by atoms with Crippen LogP contribution < -0.4 is 22.9 Å². The van der Waals surface area contributed by atoms with E-state index in [0.29, 0.717) is 32.6 Å². The first-order valence-electron chi connectivity index (χ1n) is 15.9. The summed E-state index contributed by atoms with van der Waals surface area (Å²) in [5, 5.41) is 56.2. The van der Waals surface area contributed by atoms with E-state index in [1.54, 1.807) is 0 Å². The van der Waals surface area contributed by atoms with Crippen LogP contribution >= 0.6 is 0 Å².